The van der Waals surface area contributed by atoms with Gasteiger partial charge < -0.3 is 4.74 Å². The third-order valence-electron chi connectivity index (χ3n) is 4.78. The van der Waals surface area contributed by atoms with Crippen LogP contribution in [0.4, 0.5) is 5.69 Å². The Hall–Kier alpha value is -3.80. The van der Waals surface area contributed by atoms with Gasteiger partial charge in [0.25, 0.3) is 17.5 Å². The van der Waals surface area contributed by atoms with Gasteiger partial charge >= 0.3 is 0 Å². The van der Waals surface area contributed by atoms with Crippen LogP contribution in [0.25, 0.3) is 6.08 Å². The fraction of sp³-hybridized carbons (Fsp3) is 0.0435. The predicted molar refractivity (Wildman–Crippen MR) is 136 cm³/mol. The van der Waals surface area contributed by atoms with Gasteiger partial charge in [-0.2, -0.15) is 5.01 Å². The number of benzene rings is 2. The molecule has 2 amide bonds. The van der Waals surface area contributed by atoms with Crippen molar-refractivity contribution in [1.29, 1.82) is 0 Å². The highest BCUT2D eigenvalue weighted by Gasteiger charge is 2.34. The number of pyridine rings is 1. The van der Waals surface area contributed by atoms with Crippen molar-refractivity contribution in [1.82, 2.24) is 15.4 Å². The van der Waals surface area contributed by atoms with Crippen molar-refractivity contribution < 1.29 is 19.2 Å². The lowest BCUT2D eigenvalue weighted by atomic mass is 10.1. The Labute approximate surface area is 213 Å². The number of non-ortho nitro benzene ring substituents is 1. The summed E-state index contributed by atoms with van der Waals surface area (Å²) in [6.45, 7) is 0.112. The molecule has 0 aliphatic carbocycles. The molecule has 35 heavy (non-hydrogen) atoms. The fourth-order valence-electron chi connectivity index (χ4n) is 3.04. The molecule has 1 saturated heterocycles. The third kappa shape index (κ3) is 5.65. The minimum absolute atomic E-state index is 0.104. The Bertz CT molecular complexity index is 1370. The monoisotopic (exact) mass is 526 g/mol. The van der Waals surface area contributed by atoms with E-state index in [1.54, 1.807) is 18.2 Å². The zero-order chi connectivity index (χ0) is 24.9. The Morgan fingerprint density at radius 1 is 1.23 bits per heavy atom. The summed E-state index contributed by atoms with van der Waals surface area (Å²) in [6.07, 6.45) is 4.34. The van der Waals surface area contributed by atoms with Crippen LogP contribution in [0, 0.1) is 10.1 Å². The van der Waals surface area contributed by atoms with Gasteiger partial charge in [-0.1, -0.05) is 41.6 Å². The van der Waals surface area contributed by atoms with Crippen molar-refractivity contribution in [3.05, 3.63) is 104 Å². The number of thioether (sulfide) groups is 1. The van der Waals surface area contributed by atoms with E-state index in [9.17, 15) is 19.7 Å². The number of hydrazine groups is 1. The molecular weight excluding hydrogens is 512 g/mol. The van der Waals surface area contributed by atoms with Gasteiger partial charge in [0.15, 0.2) is 4.32 Å². The van der Waals surface area contributed by atoms with E-state index in [2.05, 4.69) is 10.4 Å². The Morgan fingerprint density at radius 2 is 1.97 bits per heavy atom. The smallest absolute Gasteiger partial charge is 0.285 e. The minimum atomic E-state index is -0.578. The summed E-state index contributed by atoms with van der Waals surface area (Å²) in [5, 5.41) is 12.8. The number of carbonyl (C=O) groups is 2. The molecular formula is C23H15ClN4O5S2. The number of hydrogen-bond donors (Lipinski definition) is 1. The molecule has 0 atom stereocenters. The first kappa shape index (κ1) is 24.3. The average molecular weight is 527 g/mol. The first-order chi connectivity index (χ1) is 16.8. The lowest BCUT2D eigenvalue weighted by molar-refractivity contribution is -0.384. The zero-order valence-electron chi connectivity index (χ0n) is 17.7. The summed E-state index contributed by atoms with van der Waals surface area (Å²) >= 11 is 12.4. The standard InChI is InChI=1S/C23H15ClN4O5S2/c24-18-4-2-1-3-15(18)13-33-19-6-5-17(28(31)32)11-16(19)12-20-22(30)27(23(34)35-20)26-21(29)14-7-9-25-10-8-14/h1-12H,13H2,(H,26,29). The van der Waals surface area contributed by atoms with E-state index in [0.29, 0.717) is 21.9 Å². The Balaban J connectivity index is 1.59. The van der Waals surface area contributed by atoms with Gasteiger partial charge in [-0.25, -0.2) is 0 Å². The van der Waals surface area contributed by atoms with Gasteiger partial charge in [-0.15, -0.1) is 0 Å². The number of halogens is 1. The van der Waals surface area contributed by atoms with Crippen molar-refractivity contribution in [2.75, 3.05) is 0 Å². The maximum atomic E-state index is 13.0. The van der Waals surface area contributed by atoms with Gasteiger partial charge in [0.2, 0.25) is 0 Å². The molecule has 12 heteroatoms. The molecule has 0 bridgehead atoms. The van der Waals surface area contributed by atoms with Crippen LogP contribution in [0.5, 0.6) is 5.75 Å². The number of nitro groups is 1. The summed E-state index contributed by atoms with van der Waals surface area (Å²) in [7, 11) is 0. The third-order valence-corrected chi connectivity index (χ3v) is 6.45. The Kier molecular flexibility index (Phi) is 7.39. The van der Waals surface area contributed by atoms with Crippen molar-refractivity contribution >= 4 is 63.5 Å². The number of nitro benzene ring substituents is 1. The number of nitrogens with one attached hydrogen (secondary N) is 1. The number of hydrogen-bond acceptors (Lipinski definition) is 8. The normalized spacial score (nSPS) is 14.3. The molecule has 0 unspecified atom stereocenters. The maximum Gasteiger partial charge on any atom is 0.285 e. The number of nitrogens with zero attached hydrogens (tertiary/aromatic N) is 3. The van der Waals surface area contributed by atoms with Crippen LogP contribution in [0.2, 0.25) is 5.02 Å². The molecule has 0 radical (unpaired) electrons. The summed E-state index contributed by atoms with van der Waals surface area (Å²) in [6, 6.07) is 14.2. The van der Waals surface area contributed by atoms with E-state index < -0.39 is 16.7 Å². The van der Waals surface area contributed by atoms with Crippen LogP contribution in [0.15, 0.2) is 71.9 Å². The number of carbonyl (C=O) groups excluding carboxylic acids is 2. The Morgan fingerprint density at radius 3 is 2.69 bits per heavy atom. The molecule has 176 valence electrons. The lowest BCUT2D eigenvalue weighted by Gasteiger charge is -2.15. The SMILES string of the molecule is O=C(NN1C(=O)C(=Cc2cc([N+](=O)[O-])ccc2OCc2ccccc2Cl)SC1=S)c1ccncc1. The topological polar surface area (TPSA) is 115 Å². The second kappa shape index (κ2) is 10.6. The number of amides is 2. The van der Waals surface area contributed by atoms with Gasteiger partial charge in [-0.3, -0.25) is 30.1 Å². The van der Waals surface area contributed by atoms with E-state index in [4.69, 9.17) is 28.6 Å². The van der Waals surface area contributed by atoms with Crippen LogP contribution >= 0.6 is 35.6 Å². The van der Waals surface area contributed by atoms with Gasteiger partial charge in [0.1, 0.15) is 12.4 Å². The molecule has 3 aromatic rings. The number of aromatic nitrogens is 1. The largest absolute Gasteiger partial charge is 0.488 e. The first-order valence-electron chi connectivity index (χ1n) is 9.97. The highest BCUT2D eigenvalue weighted by atomic mass is 35.5. The van der Waals surface area contributed by atoms with E-state index in [0.717, 1.165) is 22.3 Å². The second-order valence-corrected chi connectivity index (χ2v) is 9.14. The van der Waals surface area contributed by atoms with Crippen molar-refractivity contribution in [2.24, 2.45) is 0 Å². The van der Waals surface area contributed by atoms with Crippen molar-refractivity contribution in [3.63, 3.8) is 0 Å². The molecule has 1 aliphatic rings. The molecule has 1 aromatic heterocycles. The van der Waals surface area contributed by atoms with Crippen LogP contribution in [0.1, 0.15) is 21.5 Å². The molecule has 0 saturated carbocycles. The van der Waals surface area contributed by atoms with Crippen LogP contribution in [-0.4, -0.2) is 31.1 Å². The molecule has 1 aliphatic heterocycles. The van der Waals surface area contributed by atoms with Crippen LogP contribution in [0.3, 0.4) is 0 Å². The van der Waals surface area contributed by atoms with E-state index in [-0.39, 0.29) is 21.5 Å². The number of rotatable bonds is 7. The molecule has 0 spiro atoms. The van der Waals surface area contributed by atoms with Gasteiger partial charge in [0, 0.05) is 46.2 Å². The van der Waals surface area contributed by atoms with E-state index in [1.807, 2.05) is 6.07 Å². The van der Waals surface area contributed by atoms with Gasteiger partial charge in [0.05, 0.1) is 9.83 Å². The highest BCUT2D eigenvalue weighted by Crippen LogP contribution is 2.35. The summed E-state index contributed by atoms with van der Waals surface area (Å²) in [4.78, 5) is 40.2. The molecule has 1 N–H and O–H groups in total. The molecule has 2 aromatic carbocycles. The summed E-state index contributed by atoms with van der Waals surface area (Å²) in [5.74, 6) is -0.809. The number of thiocarbonyl (C=S) groups is 1. The van der Waals surface area contributed by atoms with Crippen molar-refractivity contribution in [2.45, 2.75) is 6.61 Å². The average Bonchev–Trinajstić information content (AvgIpc) is 3.11. The molecule has 9 nitrogen and oxygen atoms in total. The first-order valence-corrected chi connectivity index (χ1v) is 11.6. The van der Waals surface area contributed by atoms with E-state index >= 15 is 0 Å². The number of ether oxygens (including phenoxy) is 1. The fourth-order valence-corrected chi connectivity index (χ4v) is 4.40. The predicted octanol–water partition coefficient (Wildman–Crippen LogP) is 4.77. The highest BCUT2D eigenvalue weighted by molar-refractivity contribution is 8.26. The zero-order valence-corrected chi connectivity index (χ0v) is 20.1. The molecule has 1 fully saturated rings. The summed E-state index contributed by atoms with van der Waals surface area (Å²) in [5.41, 5.74) is 3.61. The molecule has 2 heterocycles. The summed E-state index contributed by atoms with van der Waals surface area (Å²) < 4.78 is 5.97. The second-order valence-electron chi connectivity index (χ2n) is 7.05. The van der Waals surface area contributed by atoms with Crippen LogP contribution < -0.4 is 10.2 Å². The van der Waals surface area contributed by atoms with Crippen molar-refractivity contribution in [3.8, 4) is 5.75 Å². The van der Waals surface area contributed by atoms with Gasteiger partial charge in [-0.05, 0) is 42.6 Å². The minimum Gasteiger partial charge on any atom is -0.488 e. The molecule has 4 rings (SSSR count). The lowest BCUT2D eigenvalue weighted by Crippen LogP contribution is -2.44. The quantitative estimate of drug-likeness (QED) is 0.203. The maximum absolute atomic E-state index is 13.0. The van der Waals surface area contributed by atoms with Crippen LogP contribution in [-0.2, 0) is 11.4 Å². The van der Waals surface area contributed by atoms with E-state index in [1.165, 1.54) is 48.8 Å².